The Morgan fingerprint density at radius 2 is 0.888 bits per heavy atom. The quantitative estimate of drug-likeness (QED) is 0.118. The first-order valence-electron chi connectivity index (χ1n) is 31.8. The molecule has 0 bridgehead atoms. The molecule has 13 atom stereocenters. The summed E-state index contributed by atoms with van der Waals surface area (Å²) in [6.45, 7) is 33.7. The number of aliphatic hydroxyl groups excluding tert-OH is 1. The highest BCUT2D eigenvalue weighted by Gasteiger charge is 2.46. The Morgan fingerprint density at radius 1 is 0.472 bits per heavy atom. The largest absolute Gasteiger partial charge is 0.390 e. The van der Waals surface area contributed by atoms with Crippen molar-refractivity contribution in [2.75, 3.05) is 55.1 Å². The standard InChI is InChI=1S/C65H115N11O12S/c1-26-29-30-42(16)53(77)52-57(81)68-45(28-3)59(83)76(25)65(89-31-27-2)64(88)71(20)47(33-37(6)7)56(80)69-50(40(12)13)62(86)70(19)46(32-36(4)5)55(79)66-43(17)54(78)67-44(18)58(82)72(21)48(34-38(8)9)60(84)73(22)49(35-39(10)11)61(85)74(23)51(41(14)15)63(87)75(52)24/h26-27,29,36-53,65,77H,2,28,30-35H2,1,3-25H3,(H,66,79)(H,67,78)(H,68,81)(H,69,80)/b29-26+/t42-,43+,44-,45+,46+,47+,48+,49+,50+,51+,52+,53-,65?/m1/s1. The number of amides is 11. The SMILES string of the molecule is C=CCSC1C(=O)N(C)[C@@H](CC(C)C)C(=O)N[C@@H](C(C)C)C(=O)N(C)[C@@H](CC(C)C)C(=O)N[C@@H](C)C(=O)N[C@H](C)C(=O)N(C)[C@@H](CC(C)C)C(=O)N(C)[C@@H](CC(C)C)C(=O)N(C)[C@@H](C(C)C)C(=O)N(C)[C@@H]([C@H](O)[C@H](C)C/C=C/C)C(=O)N[C@@H](CC)C(=O)N1C. The first kappa shape index (κ1) is 81.0. The van der Waals surface area contributed by atoms with Crippen LogP contribution in [0.3, 0.4) is 0 Å². The lowest BCUT2D eigenvalue weighted by Gasteiger charge is -2.41. The van der Waals surface area contributed by atoms with Crippen molar-refractivity contribution >= 4 is 76.7 Å². The lowest BCUT2D eigenvalue weighted by molar-refractivity contribution is -0.157. The second-order valence-electron chi connectivity index (χ2n) is 26.8. The van der Waals surface area contributed by atoms with Gasteiger partial charge in [-0.2, -0.15) is 0 Å². The molecule has 89 heavy (non-hydrogen) atoms. The Bertz CT molecular complexity index is 2460. The average molecular weight is 1270 g/mol. The second kappa shape index (κ2) is 37.3. The predicted octanol–water partition coefficient (Wildman–Crippen LogP) is 4.51. The Hall–Kier alpha value is -6.04. The van der Waals surface area contributed by atoms with E-state index in [0.29, 0.717) is 6.42 Å². The number of hydrogen-bond acceptors (Lipinski definition) is 13. The Morgan fingerprint density at radius 3 is 1.33 bits per heavy atom. The Kier molecular flexibility index (Phi) is 34.0. The van der Waals surface area contributed by atoms with Gasteiger partial charge in [0.1, 0.15) is 60.4 Å². The monoisotopic (exact) mass is 1270 g/mol. The molecular formula is C65H115N11O12S. The predicted molar refractivity (Wildman–Crippen MR) is 350 cm³/mol. The molecule has 0 aromatic rings. The summed E-state index contributed by atoms with van der Waals surface area (Å²) in [6.07, 6.45) is 4.48. The third-order valence-electron chi connectivity index (χ3n) is 16.6. The van der Waals surface area contributed by atoms with E-state index in [1.807, 2.05) is 61.5 Å². The minimum absolute atomic E-state index is 0.00605. The van der Waals surface area contributed by atoms with Gasteiger partial charge in [-0.1, -0.05) is 115 Å². The molecule has 5 N–H and O–H groups in total. The molecular weight excluding hydrogens is 1160 g/mol. The first-order chi connectivity index (χ1) is 41.2. The number of nitrogens with zero attached hydrogens (tertiary/aromatic N) is 7. The molecule has 1 fully saturated rings. The molecule has 1 aliphatic heterocycles. The fourth-order valence-corrected chi connectivity index (χ4v) is 12.0. The van der Waals surface area contributed by atoms with Crippen molar-refractivity contribution in [2.24, 2.45) is 41.4 Å². The number of carbonyl (C=O) groups is 11. The molecule has 0 radical (unpaired) electrons. The lowest BCUT2D eigenvalue weighted by Crippen LogP contribution is -2.64. The summed E-state index contributed by atoms with van der Waals surface area (Å²) in [5, 5.41) is 22.0. The highest BCUT2D eigenvalue weighted by Crippen LogP contribution is 2.27. The van der Waals surface area contributed by atoms with Crippen LogP contribution >= 0.6 is 11.8 Å². The molecule has 0 saturated carbocycles. The molecule has 508 valence electrons. The number of allylic oxidation sites excluding steroid dienone is 2. The van der Waals surface area contributed by atoms with E-state index in [2.05, 4.69) is 27.8 Å². The normalized spacial score (nSPS) is 27.0. The van der Waals surface area contributed by atoms with Crippen LogP contribution in [-0.2, 0) is 52.7 Å². The van der Waals surface area contributed by atoms with Crippen molar-refractivity contribution in [1.82, 2.24) is 55.6 Å². The zero-order valence-electron chi connectivity index (χ0n) is 58.3. The van der Waals surface area contributed by atoms with Crippen molar-refractivity contribution in [3.8, 4) is 0 Å². The molecule has 0 aromatic heterocycles. The molecule has 1 saturated heterocycles. The number of hydrogen-bond donors (Lipinski definition) is 5. The summed E-state index contributed by atoms with van der Waals surface area (Å²) < 4.78 is 0. The highest BCUT2D eigenvalue weighted by molar-refractivity contribution is 8.00. The molecule has 1 heterocycles. The maximum absolute atomic E-state index is 15.3. The summed E-state index contributed by atoms with van der Waals surface area (Å²) in [6, 6.07) is -12.6. The molecule has 1 unspecified atom stereocenters. The number of thioether (sulfide) groups is 1. The zero-order valence-corrected chi connectivity index (χ0v) is 59.2. The van der Waals surface area contributed by atoms with Crippen molar-refractivity contribution in [3.05, 3.63) is 24.8 Å². The topological polar surface area (TPSA) is 279 Å². The van der Waals surface area contributed by atoms with Crippen LogP contribution in [-0.4, -0.2) is 231 Å². The van der Waals surface area contributed by atoms with Gasteiger partial charge in [0.2, 0.25) is 59.1 Å². The van der Waals surface area contributed by atoms with Gasteiger partial charge in [0.05, 0.1) is 6.10 Å². The fraction of sp³-hybridized carbons (Fsp3) is 0.769. The van der Waals surface area contributed by atoms with E-state index >= 15 is 24.0 Å². The number of rotatable bonds is 18. The van der Waals surface area contributed by atoms with Gasteiger partial charge in [0, 0.05) is 55.1 Å². The number of nitrogens with one attached hydrogen (secondary N) is 4. The second-order valence-corrected chi connectivity index (χ2v) is 27.9. The first-order valence-corrected chi connectivity index (χ1v) is 32.8. The van der Waals surface area contributed by atoms with E-state index in [-0.39, 0.29) is 61.5 Å². The summed E-state index contributed by atoms with van der Waals surface area (Å²) in [5.74, 6) is -9.76. The van der Waals surface area contributed by atoms with Gasteiger partial charge in [0.15, 0.2) is 5.37 Å². The van der Waals surface area contributed by atoms with Crippen molar-refractivity contribution < 1.29 is 57.8 Å². The van der Waals surface area contributed by atoms with Crippen LogP contribution in [0, 0.1) is 41.4 Å². The van der Waals surface area contributed by atoms with Crippen LogP contribution in [0.5, 0.6) is 0 Å². The maximum Gasteiger partial charge on any atom is 0.256 e. The molecule has 24 heteroatoms. The number of likely N-dealkylation sites (N-methyl/N-ethyl adjacent to an activating group) is 7. The van der Waals surface area contributed by atoms with Crippen molar-refractivity contribution in [1.29, 1.82) is 0 Å². The van der Waals surface area contributed by atoms with Crippen LogP contribution in [0.25, 0.3) is 0 Å². The third-order valence-corrected chi connectivity index (χ3v) is 17.8. The fourth-order valence-electron chi connectivity index (χ4n) is 11.0. The summed E-state index contributed by atoms with van der Waals surface area (Å²) in [7, 11) is 9.96. The van der Waals surface area contributed by atoms with Crippen molar-refractivity contribution in [3.63, 3.8) is 0 Å². The molecule has 0 aromatic carbocycles. The summed E-state index contributed by atoms with van der Waals surface area (Å²) >= 11 is 1.05. The Balaban J connectivity index is 4.48. The van der Waals surface area contributed by atoms with E-state index in [4.69, 9.17) is 0 Å². The van der Waals surface area contributed by atoms with E-state index in [1.165, 1.54) is 92.6 Å². The van der Waals surface area contributed by atoms with Crippen molar-refractivity contribution in [2.45, 2.75) is 228 Å². The van der Waals surface area contributed by atoms with Crippen LogP contribution in [0.1, 0.15) is 156 Å². The molecule has 11 amide bonds. The smallest absolute Gasteiger partial charge is 0.256 e. The average Bonchev–Trinajstić information content (AvgIpc) is 3.47. The van der Waals surface area contributed by atoms with Crippen LogP contribution in [0.4, 0.5) is 0 Å². The van der Waals surface area contributed by atoms with E-state index in [0.717, 1.165) is 16.7 Å². The molecule has 1 rings (SSSR count). The summed E-state index contributed by atoms with van der Waals surface area (Å²) in [5.41, 5.74) is 0. The lowest BCUT2D eigenvalue weighted by atomic mass is 9.91. The number of carbonyl (C=O) groups excluding carboxylic acids is 11. The molecule has 1 aliphatic rings. The van der Waals surface area contributed by atoms with Gasteiger partial charge in [0.25, 0.3) is 5.91 Å². The summed E-state index contributed by atoms with van der Waals surface area (Å²) in [4.78, 5) is 171. The van der Waals surface area contributed by atoms with Gasteiger partial charge >= 0.3 is 0 Å². The van der Waals surface area contributed by atoms with Crippen LogP contribution in [0.15, 0.2) is 24.8 Å². The highest BCUT2D eigenvalue weighted by atomic mass is 32.2. The van der Waals surface area contributed by atoms with Gasteiger partial charge in [-0.15, -0.1) is 18.3 Å². The van der Waals surface area contributed by atoms with Gasteiger partial charge in [-0.05, 0) is 101 Å². The minimum atomic E-state index is -1.64. The van der Waals surface area contributed by atoms with Crippen LogP contribution < -0.4 is 21.3 Å². The van der Waals surface area contributed by atoms with Gasteiger partial charge < -0.3 is 60.7 Å². The van der Waals surface area contributed by atoms with Crippen LogP contribution in [0.2, 0.25) is 0 Å². The van der Waals surface area contributed by atoms with E-state index in [1.54, 1.807) is 60.6 Å². The van der Waals surface area contributed by atoms with E-state index < -0.39 is 155 Å². The van der Waals surface area contributed by atoms with Gasteiger partial charge in [-0.25, -0.2) is 0 Å². The Labute approximate surface area is 537 Å². The minimum Gasteiger partial charge on any atom is -0.390 e. The third kappa shape index (κ3) is 22.7. The molecule has 0 aliphatic carbocycles. The number of aliphatic hydroxyl groups is 1. The van der Waals surface area contributed by atoms with Gasteiger partial charge in [-0.3, -0.25) is 52.7 Å². The zero-order chi connectivity index (χ0) is 69.0. The molecule has 23 nitrogen and oxygen atoms in total. The maximum atomic E-state index is 15.3. The van der Waals surface area contributed by atoms with E-state index in [9.17, 15) is 33.9 Å². The molecule has 0 spiro atoms.